The predicted molar refractivity (Wildman–Crippen MR) is 145 cm³/mol. The quantitative estimate of drug-likeness (QED) is 0.456. The maximum atomic E-state index is 13.2. The van der Waals surface area contributed by atoms with Gasteiger partial charge in [0.05, 0.1) is 41.8 Å². The van der Waals surface area contributed by atoms with E-state index >= 15 is 0 Å². The van der Waals surface area contributed by atoms with Gasteiger partial charge in [0, 0.05) is 49.3 Å². The van der Waals surface area contributed by atoms with Gasteiger partial charge in [0.15, 0.2) is 0 Å². The third kappa shape index (κ3) is 5.06. The number of aliphatic hydroxyl groups is 1. The molecule has 38 heavy (non-hydrogen) atoms. The van der Waals surface area contributed by atoms with Crippen LogP contribution in [0.1, 0.15) is 47.8 Å². The fourth-order valence-electron chi connectivity index (χ4n) is 5.20. The monoisotopic (exact) mass is 537 g/mol. The summed E-state index contributed by atoms with van der Waals surface area (Å²) >= 11 is 6.58. The molecule has 2 N–H and O–H groups in total. The molecule has 10 heteroatoms. The number of likely N-dealkylation sites (tertiary alicyclic amines) is 1. The number of benzene rings is 1. The fraction of sp³-hybridized carbons (Fsp3) is 0.429. The molecule has 2 aromatic heterocycles. The van der Waals surface area contributed by atoms with Crippen LogP contribution < -0.4 is 10.1 Å². The van der Waals surface area contributed by atoms with E-state index in [-0.39, 0.29) is 24.0 Å². The highest BCUT2D eigenvalue weighted by Gasteiger charge is 2.35. The van der Waals surface area contributed by atoms with Crippen LogP contribution in [0.4, 0.5) is 11.6 Å². The Morgan fingerprint density at radius 2 is 2.03 bits per heavy atom. The first-order chi connectivity index (χ1) is 18.3. The zero-order valence-electron chi connectivity index (χ0n) is 21.8. The van der Waals surface area contributed by atoms with E-state index in [1.54, 1.807) is 43.6 Å². The van der Waals surface area contributed by atoms with Crippen molar-refractivity contribution in [1.29, 1.82) is 0 Å². The molecule has 0 spiro atoms. The SMILES string of the molecule is COc1cc(C(=O)N2CCC(OC)CC2)c(Cl)cc1Nc1nccc(-c2cnc3c(c2)C(C)(CO)CC3)n1. The summed E-state index contributed by atoms with van der Waals surface area (Å²) in [5.41, 5.74) is 4.26. The molecule has 2 aliphatic rings. The number of piperidine rings is 1. The predicted octanol–water partition coefficient (Wildman–Crippen LogP) is 4.39. The highest BCUT2D eigenvalue weighted by molar-refractivity contribution is 6.34. The van der Waals surface area contributed by atoms with Gasteiger partial charge in [-0.1, -0.05) is 18.5 Å². The number of nitrogens with zero attached hydrogens (tertiary/aromatic N) is 4. The minimum Gasteiger partial charge on any atom is -0.495 e. The highest BCUT2D eigenvalue weighted by Crippen LogP contribution is 2.39. The molecule has 1 aliphatic heterocycles. The first-order valence-electron chi connectivity index (χ1n) is 12.8. The molecule has 0 saturated carbocycles. The van der Waals surface area contributed by atoms with Crippen LogP contribution in [0.15, 0.2) is 36.7 Å². The number of carbonyl (C=O) groups is 1. The molecule has 0 radical (unpaired) electrons. The van der Waals surface area contributed by atoms with Gasteiger partial charge in [-0.2, -0.15) is 0 Å². The number of nitrogens with one attached hydrogen (secondary N) is 1. The Labute approximate surface area is 227 Å². The zero-order valence-corrected chi connectivity index (χ0v) is 22.6. The van der Waals surface area contributed by atoms with Crippen molar-refractivity contribution in [2.24, 2.45) is 0 Å². The summed E-state index contributed by atoms with van der Waals surface area (Å²) in [4.78, 5) is 28.6. The molecule has 0 bridgehead atoms. The van der Waals surface area contributed by atoms with E-state index in [9.17, 15) is 9.90 Å². The van der Waals surface area contributed by atoms with E-state index < -0.39 is 0 Å². The second-order valence-electron chi connectivity index (χ2n) is 10.1. The number of halogens is 1. The molecule has 3 aromatic rings. The Hall–Kier alpha value is -3.27. The van der Waals surface area contributed by atoms with Gasteiger partial charge in [0.1, 0.15) is 5.75 Å². The Balaban J connectivity index is 1.38. The maximum Gasteiger partial charge on any atom is 0.255 e. The highest BCUT2D eigenvalue weighted by atomic mass is 35.5. The van der Waals surface area contributed by atoms with Crippen LogP contribution in [0.25, 0.3) is 11.3 Å². The van der Waals surface area contributed by atoms with Crippen molar-refractivity contribution in [3.8, 4) is 17.0 Å². The van der Waals surface area contributed by atoms with Crippen molar-refractivity contribution < 1.29 is 19.4 Å². The number of amides is 1. The summed E-state index contributed by atoms with van der Waals surface area (Å²) in [6.45, 7) is 3.37. The second-order valence-corrected chi connectivity index (χ2v) is 10.5. The summed E-state index contributed by atoms with van der Waals surface area (Å²) in [5.74, 6) is 0.672. The Kier molecular flexibility index (Phi) is 7.52. The zero-order chi connectivity index (χ0) is 26.9. The second kappa shape index (κ2) is 10.8. The smallest absolute Gasteiger partial charge is 0.255 e. The summed E-state index contributed by atoms with van der Waals surface area (Å²) in [5, 5.41) is 13.4. The van der Waals surface area contributed by atoms with E-state index in [4.69, 9.17) is 21.1 Å². The van der Waals surface area contributed by atoms with E-state index in [1.807, 2.05) is 6.07 Å². The number of aliphatic hydroxyl groups excluding tert-OH is 1. The number of pyridine rings is 1. The van der Waals surface area contributed by atoms with Crippen molar-refractivity contribution in [3.05, 3.63) is 58.5 Å². The molecule has 9 nitrogen and oxygen atoms in total. The van der Waals surface area contributed by atoms with Crippen LogP contribution in [-0.4, -0.2) is 70.9 Å². The van der Waals surface area contributed by atoms with Crippen LogP contribution in [-0.2, 0) is 16.6 Å². The number of hydrogen-bond donors (Lipinski definition) is 2. The number of anilines is 2. The largest absolute Gasteiger partial charge is 0.495 e. The average Bonchev–Trinajstić information content (AvgIpc) is 3.29. The number of hydrogen-bond acceptors (Lipinski definition) is 8. The molecule has 5 rings (SSSR count). The Bertz CT molecular complexity index is 1340. The minimum atomic E-state index is -0.296. The number of aryl methyl sites for hydroxylation is 1. The van der Waals surface area contributed by atoms with Gasteiger partial charge in [0.25, 0.3) is 5.91 Å². The van der Waals surface area contributed by atoms with E-state index in [1.165, 1.54) is 0 Å². The summed E-state index contributed by atoms with van der Waals surface area (Å²) in [7, 11) is 3.24. The number of carbonyl (C=O) groups excluding carboxylic acids is 1. The summed E-state index contributed by atoms with van der Waals surface area (Å²) in [6.07, 6.45) is 6.97. The van der Waals surface area contributed by atoms with Gasteiger partial charge >= 0.3 is 0 Å². The number of fused-ring (bicyclic) bond motifs is 1. The number of methoxy groups -OCH3 is 2. The molecule has 3 heterocycles. The van der Waals surface area contributed by atoms with E-state index in [0.29, 0.717) is 46.8 Å². The fourth-order valence-corrected chi connectivity index (χ4v) is 5.44. The van der Waals surface area contributed by atoms with Gasteiger partial charge in [-0.15, -0.1) is 0 Å². The third-order valence-electron chi connectivity index (χ3n) is 7.66. The van der Waals surface area contributed by atoms with Gasteiger partial charge in [0.2, 0.25) is 5.95 Å². The lowest BCUT2D eigenvalue weighted by atomic mass is 9.85. The number of aromatic nitrogens is 3. The molecule has 1 fully saturated rings. The average molecular weight is 538 g/mol. The van der Waals surface area contributed by atoms with E-state index in [2.05, 4.69) is 33.3 Å². The van der Waals surface area contributed by atoms with Crippen LogP contribution in [0, 0.1) is 0 Å². The molecule has 1 unspecified atom stereocenters. The van der Waals surface area contributed by atoms with Crippen molar-refractivity contribution in [3.63, 3.8) is 0 Å². The van der Waals surface area contributed by atoms with Gasteiger partial charge in [-0.05, 0) is 55.5 Å². The normalized spacial score (nSPS) is 19.3. The van der Waals surface area contributed by atoms with Crippen LogP contribution in [0.2, 0.25) is 5.02 Å². The molecule has 1 aliphatic carbocycles. The molecule has 1 atom stereocenters. The van der Waals surface area contributed by atoms with Crippen molar-refractivity contribution in [2.75, 3.05) is 39.2 Å². The molecule has 200 valence electrons. The maximum absolute atomic E-state index is 13.2. The first-order valence-corrected chi connectivity index (χ1v) is 13.1. The standard InChI is InChI=1S/C28H32ClN5O4/c1-28(16-35)8-4-23-20(28)12-17(15-31-23)22-5-9-30-27(32-22)33-24-14-21(29)19(13-25(24)38-3)26(36)34-10-6-18(37-2)7-11-34/h5,9,12-15,18,35H,4,6-8,10-11,16H2,1-3H3,(H,30,32,33). The first kappa shape index (κ1) is 26.3. The molecule has 1 amide bonds. The Morgan fingerprint density at radius 1 is 1.24 bits per heavy atom. The topological polar surface area (TPSA) is 110 Å². The Morgan fingerprint density at radius 3 is 2.74 bits per heavy atom. The van der Waals surface area contributed by atoms with Crippen molar-refractivity contribution in [2.45, 2.75) is 44.1 Å². The third-order valence-corrected chi connectivity index (χ3v) is 7.98. The molecular formula is C28H32ClN5O4. The lowest BCUT2D eigenvalue weighted by molar-refractivity contribution is 0.0350. The molecule has 1 aromatic carbocycles. The van der Waals surface area contributed by atoms with Crippen LogP contribution in [0.5, 0.6) is 5.75 Å². The molecular weight excluding hydrogens is 506 g/mol. The van der Waals surface area contributed by atoms with Crippen LogP contribution in [0.3, 0.4) is 0 Å². The van der Waals surface area contributed by atoms with Gasteiger partial charge in [-0.3, -0.25) is 9.78 Å². The minimum absolute atomic E-state index is 0.0756. The van der Waals surface area contributed by atoms with Gasteiger partial charge in [-0.25, -0.2) is 9.97 Å². The summed E-state index contributed by atoms with van der Waals surface area (Å²) in [6, 6.07) is 7.19. The lowest BCUT2D eigenvalue weighted by Gasteiger charge is -2.31. The van der Waals surface area contributed by atoms with E-state index in [0.717, 1.165) is 42.5 Å². The summed E-state index contributed by atoms with van der Waals surface area (Å²) < 4.78 is 11.0. The number of rotatable bonds is 7. The molecule has 1 saturated heterocycles. The van der Waals surface area contributed by atoms with Gasteiger partial charge < -0.3 is 24.8 Å². The van der Waals surface area contributed by atoms with Crippen molar-refractivity contribution >= 4 is 29.1 Å². The van der Waals surface area contributed by atoms with Crippen molar-refractivity contribution in [1.82, 2.24) is 19.9 Å². The lowest BCUT2D eigenvalue weighted by Crippen LogP contribution is -2.40. The van der Waals surface area contributed by atoms with Crippen LogP contribution >= 0.6 is 11.6 Å². The number of ether oxygens (including phenoxy) is 2.